The van der Waals surface area contributed by atoms with Gasteiger partial charge in [0.25, 0.3) is 0 Å². The van der Waals surface area contributed by atoms with E-state index in [4.69, 9.17) is 29.2 Å². The lowest BCUT2D eigenvalue weighted by molar-refractivity contribution is -0.139. The molecule has 3 saturated heterocycles. The molecule has 0 unspecified atom stereocenters. The number of likely N-dealkylation sites (tertiary alicyclic amines) is 3. The minimum absolute atomic E-state index is 0.00331. The maximum Gasteiger partial charge on any atom is 0.245 e. The van der Waals surface area contributed by atoms with Gasteiger partial charge in [0.15, 0.2) is 34.7 Å². The average molecular weight is 2090 g/mol. The summed E-state index contributed by atoms with van der Waals surface area (Å²) in [7, 11) is 0. The summed E-state index contributed by atoms with van der Waals surface area (Å²) in [5.74, 6) is 0.743. The Morgan fingerprint density at radius 2 is 0.657 bits per heavy atom. The molecule has 35 heteroatoms. The van der Waals surface area contributed by atoms with E-state index in [0.717, 1.165) is 173 Å². The summed E-state index contributed by atoms with van der Waals surface area (Å²) in [6.45, 7) is 13.2. The normalized spacial score (nSPS) is 23.4. The maximum atomic E-state index is 14.3. The van der Waals surface area contributed by atoms with Gasteiger partial charge in [0, 0.05) is 145 Å². The molecule has 726 valence electrons. The molecule has 9 atom stereocenters. The number of amides is 3. The van der Waals surface area contributed by atoms with E-state index in [2.05, 4.69) is 121 Å². The van der Waals surface area contributed by atoms with Crippen LogP contribution in [0.3, 0.4) is 0 Å². The topological polar surface area (TPSA) is 386 Å². The minimum Gasteiger partial charge on any atom is -0.381 e. The van der Waals surface area contributed by atoms with Gasteiger partial charge in [-0.15, -0.1) is 0 Å². The van der Waals surface area contributed by atoms with Crippen LogP contribution in [0.15, 0.2) is 130 Å². The standard InChI is InChI=1S/C36H39BrN6O4.C35H38BrN7O4.C34H36BrN7O4/c1-22(44)35-27-14-25(26-18-38-23(2)39-19-26)9-11-29(27)42(41-35)20-34(46)43-30-16-36(17-32(36)43)21-47-13-7-5-3-4-6-8-24-10-12-33(37)40-28(24)15-31(30)45;1-21(44)34-25-12-26(24-16-37-22(2)38-17-24)39-18-29(25)42(41-34)19-33(46)43-28-14-35(15-31(35)43)20-47-11-7-5-3-4-6-8-23-9-10-32(36)40-27(23)13-30(28)45;1-20(43)33-24-11-25(23-15-36-21(2)37-16-23)38-17-28(24)41(40-33)18-32(45)42-27-13-34(14-30(34)42)19-46-10-6-4-3-5-7-22-8-9-31(35)39-26(22)12-29(27)44/h9-12,14,18-19,30,32H,3-8,13,15-17,20-21H2,1-2H3;9-10,12,16-18,28,31H,3-8,11,13-15,19-20H2,1-2H3;8-9,11,15-17,27,30H,3-7,10,12-14,18-19H2,1-2H3/t30-,32+,36-;28-,31+,35-;27-,30+,34-/m000/s1. The molecule has 9 aliphatic rings. The number of benzene rings is 1. The van der Waals surface area contributed by atoms with Gasteiger partial charge in [0.05, 0.1) is 115 Å². The minimum atomic E-state index is -0.577. The van der Waals surface area contributed by atoms with Crippen LogP contribution < -0.4 is 0 Å². The largest absolute Gasteiger partial charge is 0.381 e. The summed E-state index contributed by atoms with van der Waals surface area (Å²) in [4.78, 5) is 177. The number of rotatable bonds is 12. The zero-order valence-electron chi connectivity index (χ0n) is 79.7. The summed E-state index contributed by atoms with van der Waals surface area (Å²) in [5, 5.41) is 15.6. The molecule has 12 aromatic rings. The van der Waals surface area contributed by atoms with Crippen molar-refractivity contribution in [2.45, 2.75) is 264 Å². The number of hydrogen-bond donors (Lipinski definition) is 0. The van der Waals surface area contributed by atoms with Gasteiger partial charge < -0.3 is 28.9 Å². The Balaban J connectivity index is 0.000000134. The molecule has 11 aromatic heterocycles. The molecular weight excluding hydrogens is 1970 g/mol. The molecule has 3 aliphatic carbocycles. The second-order valence-corrected chi connectivity index (χ2v) is 41.9. The highest BCUT2D eigenvalue weighted by molar-refractivity contribution is 9.11. The predicted octanol–water partition coefficient (Wildman–Crippen LogP) is 16.0. The van der Waals surface area contributed by atoms with Gasteiger partial charge in [-0.3, -0.25) is 67.2 Å². The molecule has 3 amide bonds. The first kappa shape index (κ1) is 97.2. The van der Waals surface area contributed by atoms with Crippen molar-refractivity contribution in [3.8, 4) is 33.6 Å². The number of fused-ring (bicyclic) bond motifs is 9. The highest BCUT2D eigenvalue weighted by atomic mass is 79.9. The van der Waals surface area contributed by atoms with E-state index in [9.17, 15) is 43.2 Å². The maximum absolute atomic E-state index is 14.3. The van der Waals surface area contributed by atoms with Crippen LogP contribution in [-0.2, 0) is 101 Å². The highest BCUT2D eigenvalue weighted by Gasteiger charge is 2.69. The second-order valence-electron chi connectivity index (χ2n) is 39.5. The Labute approximate surface area is 835 Å². The Hall–Kier alpha value is -11.6. The summed E-state index contributed by atoms with van der Waals surface area (Å²) < 4.78 is 25.3. The van der Waals surface area contributed by atoms with E-state index in [1.807, 2.05) is 50.2 Å². The molecule has 32 nitrogen and oxygen atoms in total. The van der Waals surface area contributed by atoms with Gasteiger partial charge in [-0.25, -0.2) is 44.9 Å². The Kier molecular flexibility index (Phi) is 28.8. The number of aromatic nitrogens is 17. The number of piperidine rings is 3. The molecule has 1 aromatic carbocycles. The highest BCUT2D eigenvalue weighted by Crippen LogP contribution is 2.63. The van der Waals surface area contributed by atoms with Crippen LogP contribution in [-0.4, -0.2) is 227 Å². The van der Waals surface area contributed by atoms with Gasteiger partial charge in [-0.2, -0.15) is 15.3 Å². The lowest BCUT2D eigenvalue weighted by atomic mass is 9.94. The molecule has 0 radical (unpaired) electrons. The van der Waals surface area contributed by atoms with Crippen LogP contribution in [0.25, 0.3) is 66.4 Å². The Bertz CT molecular complexity index is 6560. The number of ketones is 6. The third-order valence-corrected chi connectivity index (χ3v) is 31.0. The lowest BCUT2D eigenvalue weighted by Crippen LogP contribution is -2.45. The molecular formula is C105H113Br3N20O12. The quantitative estimate of drug-likeness (QED) is 0.0809. The van der Waals surface area contributed by atoms with Crippen LogP contribution in [0.1, 0.15) is 232 Å². The second kappa shape index (κ2) is 41.5. The van der Waals surface area contributed by atoms with Crippen molar-refractivity contribution < 1.29 is 57.4 Å². The third-order valence-electron chi connectivity index (χ3n) is 29.6. The number of ether oxygens (including phenoxy) is 3. The van der Waals surface area contributed by atoms with Gasteiger partial charge in [-0.05, 0) is 230 Å². The zero-order valence-corrected chi connectivity index (χ0v) is 84.4. The summed E-state index contributed by atoms with van der Waals surface area (Å²) in [5.41, 5.74) is 11.9. The van der Waals surface area contributed by atoms with Crippen LogP contribution in [0.2, 0.25) is 0 Å². The molecule has 3 spiro atoms. The fourth-order valence-corrected chi connectivity index (χ4v) is 22.9. The first-order valence-electron chi connectivity index (χ1n) is 49.0. The predicted molar refractivity (Wildman–Crippen MR) is 531 cm³/mol. The van der Waals surface area contributed by atoms with E-state index in [-0.39, 0.29) is 137 Å². The van der Waals surface area contributed by atoms with Crippen molar-refractivity contribution in [2.75, 3.05) is 39.6 Å². The van der Waals surface area contributed by atoms with Crippen LogP contribution >= 0.6 is 47.8 Å². The number of aryl methyl sites for hydroxylation is 6. The van der Waals surface area contributed by atoms with Crippen LogP contribution in [0, 0.1) is 37.0 Å². The molecule has 21 rings (SSSR count). The number of carbonyl (C=O) groups excluding carboxylic acids is 9. The SMILES string of the molecule is CC(=O)c1nn(CC(=O)N2[C@H]3C[C@@]4(COCCCCCCCc5ccc(Br)nc5CC3=O)C[C@@H]24)c2ccc(-c3cnc(C)nc3)cc12.CC(=O)c1nn(CC(=O)N2[C@H]3C[C@@]4(COCCCCCCCc5ccc(Br)nc5CC3=O)C[C@@H]24)c2cnc(-c3cnc(C)nc3)cc12.CC(=O)c1nn(CC(=O)N2[C@H]3C[C@@]4(COCCCCCCc5ccc(Br)nc5CC3=O)C[C@@H]24)c2cnc(-c3cnc(C)nc3)cc12. The van der Waals surface area contributed by atoms with Gasteiger partial charge in [0.2, 0.25) is 17.7 Å². The number of pyridine rings is 5. The molecule has 140 heavy (non-hydrogen) atoms. The van der Waals surface area contributed by atoms with Gasteiger partial charge >= 0.3 is 0 Å². The molecule has 6 aliphatic heterocycles. The number of nitrogens with zero attached hydrogens (tertiary/aromatic N) is 20. The van der Waals surface area contributed by atoms with E-state index >= 15 is 0 Å². The number of hydrogen-bond acceptors (Lipinski definition) is 26. The zero-order chi connectivity index (χ0) is 97.4. The monoisotopic (exact) mass is 2080 g/mol. The number of halogens is 3. The first-order valence-corrected chi connectivity index (χ1v) is 51.4. The molecule has 3 saturated carbocycles. The lowest BCUT2D eigenvalue weighted by Gasteiger charge is -2.27. The smallest absolute Gasteiger partial charge is 0.245 e. The van der Waals surface area contributed by atoms with Crippen molar-refractivity contribution in [3.05, 3.63) is 198 Å². The van der Waals surface area contributed by atoms with Crippen LogP contribution in [0.4, 0.5) is 0 Å². The van der Waals surface area contributed by atoms with E-state index in [0.29, 0.717) is 151 Å². The van der Waals surface area contributed by atoms with E-state index in [1.54, 1.807) is 92.7 Å². The number of carbonyl (C=O) groups is 9. The molecule has 17 heterocycles. The molecule has 0 N–H and O–H groups in total. The van der Waals surface area contributed by atoms with Crippen LogP contribution in [0.5, 0.6) is 0 Å². The van der Waals surface area contributed by atoms with Crippen molar-refractivity contribution in [2.24, 2.45) is 16.2 Å². The van der Waals surface area contributed by atoms with E-state index < -0.39 is 18.1 Å². The van der Waals surface area contributed by atoms with Gasteiger partial charge in [-0.1, -0.05) is 75.6 Å². The summed E-state index contributed by atoms with van der Waals surface area (Å²) in [6, 6.07) is 19.4. The fourth-order valence-electron chi connectivity index (χ4n) is 21.9. The Morgan fingerprint density at radius 1 is 0.350 bits per heavy atom. The van der Waals surface area contributed by atoms with Gasteiger partial charge in [0.1, 0.15) is 68.0 Å². The summed E-state index contributed by atoms with van der Waals surface area (Å²) in [6.07, 6.45) is 36.0. The average Bonchev–Trinajstić information content (AvgIpc) is 1.54. The summed E-state index contributed by atoms with van der Waals surface area (Å²) >= 11 is 10.5. The van der Waals surface area contributed by atoms with E-state index in [1.165, 1.54) is 25.5 Å². The van der Waals surface area contributed by atoms with Crippen molar-refractivity contribution in [1.29, 1.82) is 0 Å². The first-order chi connectivity index (χ1) is 67.7. The molecule has 6 bridgehead atoms. The van der Waals surface area contributed by atoms with Crippen molar-refractivity contribution in [1.82, 2.24) is 98.9 Å². The fraction of sp³-hybridized carbons (Fsp3) is 0.476. The van der Waals surface area contributed by atoms with Crippen molar-refractivity contribution in [3.63, 3.8) is 0 Å². The number of Topliss-reactive ketones (excluding diaryl/α,β-unsaturated/α-hetero) is 6. The third kappa shape index (κ3) is 20.9. The van der Waals surface area contributed by atoms with Crippen molar-refractivity contribution >= 4 is 133 Å². The Morgan fingerprint density at radius 3 is 0.993 bits per heavy atom. The molecule has 6 fully saturated rings.